The molecule has 0 radical (unpaired) electrons. The van der Waals surface area contributed by atoms with Gasteiger partial charge in [-0.3, -0.25) is 4.79 Å². The van der Waals surface area contributed by atoms with E-state index in [1.165, 1.54) is 10.8 Å². The van der Waals surface area contributed by atoms with Crippen molar-refractivity contribution in [2.75, 3.05) is 14.2 Å². The van der Waals surface area contributed by atoms with Crippen molar-refractivity contribution in [1.82, 2.24) is 5.32 Å². The van der Waals surface area contributed by atoms with Gasteiger partial charge < -0.3 is 14.5 Å². The third-order valence-corrected chi connectivity index (χ3v) is 4.97. The highest BCUT2D eigenvalue weighted by Gasteiger charge is 2.15. The van der Waals surface area contributed by atoms with Crippen molar-refractivity contribution >= 4 is 33.2 Å². The van der Waals surface area contributed by atoms with Gasteiger partial charge in [0, 0.05) is 35.7 Å². The molecule has 1 aromatic heterocycles. The van der Waals surface area contributed by atoms with E-state index in [1.807, 2.05) is 31.2 Å². The molecule has 1 heterocycles. The van der Waals surface area contributed by atoms with Gasteiger partial charge in [-0.25, -0.2) is 0 Å². The minimum atomic E-state index is -0.151. The molecule has 4 heteroatoms. The maximum absolute atomic E-state index is 11.8. The first-order chi connectivity index (χ1) is 13.6. The molecule has 0 aliphatic rings. The van der Waals surface area contributed by atoms with E-state index in [0.29, 0.717) is 5.75 Å². The zero-order valence-corrected chi connectivity index (χ0v) is 16.1. The van der Waals surface area contributed by atoms with Gasteiger partial charge in [0.05, 0.1) is 13.4 Å². The molecule has 0 fully saturated rings. The van der Waals surface area contributed by atoms with Crippen LogP contribution in [0.4, 0.5) is 0 Å². The summed E-state index contributed by atoms with van der Waals surface area (Å²) in [7, 11) is 3.23. The first-order valence-electron chi connectivity index (χ1n) is 9.09. The van der Waals surface area contributed by atoms with Crippen molar-refractivity contribution in [3.63, 3.8) is 0 Å². The van der Waals surface area contributed by atoms with Crippen molar-refractivity contribution in [3.05, 3.63) is 72.5 Å². The van der Waals surface area contributed by atoms with E-state index in [1.54, 1.807) is 26.5 Å². The highest BCUT2D eigenvalue weighted by Crippen LogP contribution is 2.38. The fourth-order valence-electron chi connectivity index (χ4n) is 3.46. The number of carbonyl (C=O) groups is 1. The van der Waals surface area contributed by atoms with Crippen molar-refractivity contribution in [1.29, 1.82) is 0 Å². The number of carbonyl (C=O) groups excluding carboxylic acids is 1. The van der Waals surface area contributed by atoms with Crippen molar-refractivity contribution < 1.29 is 13.9 Å². The number of methoxy groups -OCH3 is 1. The average molecular weight is 371 g/mol. The Kier molecular flexibility index (Phi) is 4.62. The molecule has 0 unspecified atom stereocenters. The predicted molar refractivity (Wildman–Crippen MR) is 113 cm³/mol. The van der Waals surface area contributed by atoms with Crippen LogP contribution in [0.25, 0.3) is 38.4 Å². The summed E-state index contributed by atoms with van der Waals surface area (Å²) >= 11 is 0. The number of likely N-dealkylation sites (N-methyl/N-ethyl adjacent to an activating group) is 1. The van der Waals surface area contributed by atoms with Crippen LogP contribution in [0.5, 0.6) is 5.75 Å². The Labute approximate surface area is 163 Å². The molecule has 0 saturated carbocycles. The fourth-order valence-corrected chi connectivity index (χ4v) is 3.46. The number of rotatable bonds is 4. The van der Waals surface area contributed by atoms with Gasteiger partial charge in [0.15, 0.2) is 0 Å². The molecule has 3 aromatic carbocycles. The van der Waals surface area contributed by atoms with Crippen LogP contribution in [0.1, 0.15) is 12.5 Å². The number of hydrogen-bond donors (Lipinski definition) is 1. The molecule has 4 nitrogen and oxygen atoms in total. The van der Waals surface area contributed by atoms with E-state index in [9.17, 15) is 4.79 Å². The first-order valence-corrected chi connectivity index (χ1v) is 9.09. The smallest absolute Gasteiger partial charge is 0.244 e. The third-order valence-electron chi connectivity index (χ3n) is 4.97. The Morgan fingerprint density at radius 2 is 1.86 bits per heavy atom. The largest absolute Gasteiger partial charge is 0.496 e. The monoisotopic (exact) mass is 371 g/mol. The van der Waals surface area contributed by atoms with Crippen LogP contribution in [-0.4, -0.2) is 20.1 Å². The molecular formula is C24H21NO3. The summed E-state index contributed by atoms with van der Waals surface area (Å²) in [5, 5.41) is 5.98. The van der Waals surface area contributed by atoms with E-state index in [4.69, 9.17) is 9.15 Å². The maximum Gasteiger partial charge on any atom is 0.244 e. The van der Waals surface area contributed by atoms with Gasteiger partial charge in [0.2, 0.25) is 5.91 Å². The number of fused-ring (bicyclic) bond motifs is 2. The molecule has 0 aliphatic heterocycles. The molecule has 0 saturated heterocycles. The third kappa shape index (κ3) is 3.14. The van der Waals surface area contributed by atoms with E-state index in [0.717, 1.165) is 33.2 Å². The topological polar surface area (TPSA) is 51.5 Å². The van der Waals surface area contributed by atoms with Crippen molar-refractivity contribution in [3.8, 4) is 16.9 Å². The van der Waals surface area contributed by atoms with Gasteiger partial charge in [0.25, 0.3) is 0 Å². The zero-order valence-electron chi connectivity index (χ0n) is 16.1. The van der Waals surface area contributed by atoms with Crippen LogP contribution in [0, 0.1) is 0 Å². The summed E-state index contributed by atoms with van der Waals surface area (Å²) in [6, 6.07) is 18.6. The number of nitrogens with one attached hydrogen (secondary N) is 1. The lowest BCUT2D eigenvalue weighted by molar-refractivity contribution is -0.116. The molecule has 0 spiro atoms. The second-order valence-corrected chi connectivity index (χ2v) is 6.70. The van der Waals surface area contributed by atoms with Crippen molar-refractivity contribution in [2.24, 2.45) is 0 Å². The van der Waals surface area contributed by atoms with Crippen LogP contribution in [0.15, 0.2) is 71.4 Å². The molecule has 0 aliphatic carbocycles. The molecule has 28 heavy (non-hydrogen) atoms. The van der Waals surface area contributed by atoms with Gasteiger partial charge in [-0.2, -0.15) is 0 Å². The first kappa shape index (κ1) is 17.9. The van der Waals surface area contributed by atoms with Gasteiger partial charge in [0.1, 0.15) is 11.3 Å². The predicted octanol–water partition coefficient (Wildman–Crippen LogP) is 5.41. The fraction of sp³-hybridized carbons (Fsp3) is 0.125. The highest BCUT2D eigenvalue weighted by molar-refractivity contribution is 6.01. The Morgan fingerprint density at radius 1 is 1.07 bits per heavy atom. The van der Waals surface area contributed by atoms with Crippen LogP contribution in [-0.2, 0) is 4.79 Å². The number of amides is 1. The normalized spacial score (nSPS) is 11.8. The van der Waals surface area contributed by atoms with Crippen LogP contribution in [0.3, 0.4) is 0 Å². The summed E-state index contributed by atoms with van der Waals surface area (Å²) in [6.45, 7) is 1.90. The number of allylic oxidation sites excluding steroid dienone is 1. The van der Waals surface area contributed by atoms with E-state index < -0.39 is 0 Å². The minimum absolute atomic E-state index is 0.151. The molecule has 140 valence electrons. The average Bonchev–Trinajstić information content (AvgIpc) is 3.15. The molecule has 0 bridgehead atoms. The number of ether oxygens (including phenoxy) is 1. The standard InChI is InChI=1S/C24H21NO3/c1-15(10-24(26)25-2)19-12-20-21(14-28-23(20)13-22(19)27-3)18-9-8-16-6-4-5-7-17(16)11-18/h4-14H,1-3H3,(H,25,26)/b15-10+. The SMILES string of the molecule is CNC(=O)/C=C(\C)c1cc2c(-c3ccc4ccccc4c3)coc2cc1OC. The second kappa shape index (κ2) is 7.24. The zero-order chi connectivity index (χ0) is 19.7. The van der Waals surface area contributed by atoms with Gasteiger partial charge in [-0.1, -0.05) is 36.4 Å². The number of hydrogen-bond acceptors (Lipinski definition) is 3. The summed E-state index contributed by atoms with van der Waals surface area (Å²) in [5.41, 5.74) is 4.53. The van der Waals surface area contributed by atoms with Crippen LogP contribution in [0.2, 0.25) is 0 Å². The Morgan fingerprint density at radius 3 is 2.61 bits per heavy atom. The van der Waals surface area contributed by atoms with Gasteiger partial charge in [-0.05, 0) is 41.0 Å². The maximum atomic E-state index is 11.8. The summed E-state index contributed by atoms with van der Waals surface area (Å²) < 4.78 is 11.3. The lowest BCUT2D eigenvalue weighted by atomic mass is 9.97. The Bertz CT molecular complexity index is 1220. The van der Waals surface area contributed by atoms with Gasteiger partial charge >= 0.3 is 0 Å². The summed E-state index contributed by atoms with van der Waals surface area (Å²) in [5.74, 6) is 0.520. The highest BCUT2D eigenvalue weighted by atomic mass is 16.5. The lowest BCUT2D eigenvalue weighted by Gasteiger charge is -2.10. The molecule has 4 aromatic rings. The van der Waals surface area contributed by atoms with Gasteiger partial charge in [-0.15, -0.1) is 0 Å². The second-order valence-electron chi connectivity index (χ2n) is 6.70. The van der Waals surface area contributed by atoms with Crippen LogP contribution < -0.4 is 10.1 Å². The molecule has 1 amide bonds. The number of furan rings is 1. The van der Waals surface area contributed by atoms with Crippen LogP contribution >= 0.6 is 0 Å². The lowest BCUT2D eigenvalue weighted by Crippen LogP contribution is -2.14. The molecule has 4 rings (SSSR count). The quantitative estimate of drug-likeness (QED) is 0.488. The number of benzene rings is 3. The van der Waals surface area contributed by atoms with Crippen molar-refractivity contribution in [2.45, 2.75) is 6.92 Å². The molecule has 0 atom stereocenters. The Balaban J connectivity index is 1.89. The molecule has 1 N–H and O–H groups in total. The molecular weight excluding hydrogens is 350 g/mol. The minimum Gasteiger partial charge on any atom is -0.496 e. The van der Waals surface area contributed by atoms with E-state index in [-0.39, 0.29) is 5.91 Å². The summed E-state index contributed by atoms with van der Waals surface area (Å²) in [4.78, 5) is 11.8. The Hall–Kier alpha value is -3.53. The summed E-state index contributed by atoms with van der Waals surface area (Å²) in [6.07, 6.45) is 3.34. The van der Waals surface area contributed by atoms with E-state index in [2.05, 4.69) is 35.6 Å². The van der Waals surface area contributed by atoms with E-state index >= 15 is 0 Å².